The van der Waals surface area contributed by atoms with E-state index in [1.54, 1.807) is 0 Å². The summed E-state index contributed by atoms with van der Waals surface area (Å²) in [5, 5.41) is 4.56. The van der Waals surface area contributed by atoms with Gasteiger partial charge in [-0.2, -0.15) is 11.8 Å². The third kappa shape index (κ3) is 4.70. The third-order valence-corrected chi connectivity index (χ3v) is 4.61. The molecule has 0 saturated heterocycles. The van der Waals surface area contributed by atoms with Crippen molar-refractivity contribution in [1.29, 1.82) is 0 Å². The minimum atomic E-state index is 0.666. The molecule has 0 heterocycles. The molecule has 1 unspecified atom stereocenters. The van der Waals surface area contributed by atoms with Crippen LogP contribution in [0.1, 0.15) is 46.5 Å². The highest BCUT2D eigenvalue weighted by atomic mass is 32.2. The average Bonchev–Trinajstić information content (AvgIpc) is 2.64. The first kappa shape index (κ1) is 12.4. The summed E-state index contributed by atoms with van der Waals surface area (Å²) in [5.41, 5.74) is 0. The van der Waals surface area contributed by atoms with E-state index in [-0.39, 0.29) is 0 Å². The summed E-state index contributed by atoms with van der Waals surface area (Å²) in [6.45, 7) is 8.02. The highest BCUT2D eigenvalue weighted by Crippen LogP contribution is 2.28. The van der Waals surface area contributed by atoms with E-state index < -0.39 is 0 Å². The van der Waals surface area contributed by atoms with Crippen molar-refractivity contribution in [2.45, 2.75) is 57.7 Å². The molecule has 2 heteroatoms. The molecule has 14 heavy (non-hydrogen) atoms. The van der Waals surface area contributed by atoms with Gasteiger partial charge in [-0.15, -0.1) is 0 Å². The van der Waals surface area contributed by atoms with Gasteiger partial charge >= 0.3 is 0 Å². The van der Waals surface area contributed by atoms with Crippen molar-refractivity contribution in [3.63, 3.8) is 0 Å². The predicted octanol–water partition coefficient (Wildman–Crippen LogP) is 3.30. The Hall–Kier alpha value is 0.310. The van der Waals surface area contributed by atoms with Crippen molar-refractivity contribution < 1.29 is 0 Å². The van der Waals surface area contributed by atoms with Crippen molar-refractivity contribution in [2.24, 2.45) is 5.92 Å². The first-order valence-electron chi connectivity index (χ1n) is 6.05. The lowest BCUT2D eigenvalue weighted by Gasteiger charge is -2.17. The second kappa shape index (κ2) is 6.73. The van der Waals surface area contributed by atoms with Gasteiger partial charge in [0.2, 0.25) is 0 Å². The van der Waals surface area contributed by atoms with Gasteiger partial charge in [-0.1, -0.05) is 26.7 Å². The van der Waals surface area contributed by atoms with Crippen LogP contribution in [0.3, 0.4) is 0 Å². The zero-order valence-corrected chi connectivity index (χ0v) is 10.7. The largest absolute Gasteiger partial charge is 0.313 e. The topological polar surface area (TPSA) is 12.0 Å². The van der Waals surface area contributed by atoms with Crippen LogP contribution in [-0.4, -0.2) is 23.6 Å². The molecular formula is C12H25NS. The van der Waals surface area contributed by atoms with Gasteiger partial charge in [-0.3, -0.25) is 0 Å². The summed E-state index contributed by atoms with van der Waals surface area (Å²) in [4.78, 5) is 0. The van der Waals surface area contributed by atoms with E-state index in [1.165, 1.54) is 38.0 Å². The van der Waals surface area contributed by atoms with Crippen LogP contribution in [0.15, 0.2) is 0 Å². The number of hydrogen-bond donors (Lipinski definition) is 1. The van der Waals surface area contributed by atoms with Gasteiger partial charge in [0.05, 0.1) is 0 Å². The second-order valence-corrected chi connectivity index (χ2v) is 6.17. The lowest BCUT2D eigenvalue weighted by Crippen LogP contribution is -2.32. The Bertz CT molecular complexity index is 137. The summed E-state index contributed by atoms with van der Waals surface area (Å²) in [6.07, 6.45) is 5.86. The van der Waals surface area contributed by atoms with Crippen LogP contribution >= 0.6 is 11.8 Å². The molecule has 0 aromatic carbocycles. The lowest BCUT2D eigenvalue weighted by atomic mass is 10.1. The molecule has 0 amide bonds. The summed E-state index contributed by atoms with van der Waals surface area (Å²) in [7, 11) is 0. The van der Waals surface area contributed by atoms with Crippen molar-refractivity contribution in [3.8, 4) is 0 Å². The maximum Gasteiger partial charge on any atom is 0.00620 e. The molecule has 1 aliphatic carbocycles. The molecule has 1 rings (SSSR count). The minimum absolute atomic E-state index is 0.666. The SMILES string of the molecule is CC(C)C(C)NCCSC1CCCC1. The van der Waals surface area contributed by atoms with Gasteiger partial charge in [-0.25, -0.2) is 0 Å². The normalized spacial score (nSPS) is 20.6. The quantitative estimate of drug-likeness (QED) is 0.682. The number of nitrogens with one attached hydrogen (secondary N) is 1. The summed E-state index contributed by atoms with van der Waals surface area (Å²) < 4.78 is 0. The molecule has 0 spiro atoms. The van der Waals surface area contributed by atoms with E-state index in [2.05, 4.69) is 37.8 Å². The zero-order chi connectivity index (χ0) is 10.4. The Kier molecular flexibility index (Phi) is 5.95. The molecule has 1 nitrogen and oxygen atoms in total. The Morgan fingerprint density at radius 2 is 1.86 bits per heavy atom. The maximum atomic E-state index is 3.59. The third-order valence-electron chi connectivity index (χ3n) is 3.22. The molecule has 84 valence electrons. The fourth-order valence-electron chi connectivity index (χ4n) is 1.80. The second-order valence-electron chi connectivity index (χ2n) is 4.76. The van der Waals surface area contributed by atoms with E-state index >= 15 is 0 Å². The average molecular weight is 215 g/mol. The van der Waals surface area contributed by atoms with Gasteiger partial charge in [0, 0.05) is 23.6 Å². The number of rotatable bonds is 6. The molecule has 0 aromatic rings. The first-order valence-corrected chi connectivity index (χ1v) is 7.10. The minimum Gasteiger partial charge on any atom is -0.313 e. The summed E-state index contributed by atoms with van der Waals surface area (Å²) in [6, 6.07) is 0.666. The van der Waals surface area contributed by atoms with E-state index in [1.807, 2.05) is 0 Å². The molecule has 0 bridgehead atoms. The Balaban J connectivity index is 1.93. The molecule has 0 radical (unpaired) electrons. The fourth-order valence-corrected chi connectivity index (χ4v) is 3.04. The van der Waals surface area contributed by atoms with Crippen LogP contribution in [-0.2, 0) is 0 Å². The van der Waals surface area contributed by atoms with E-state index in [4.69, 9.17) is 0 Å². The van der Waals surface area contributed by atoms with Gasteiger partial charge in [0.25, 0.3) is 0 Å². The van der Waals surface area contributed by atoms with Gasteiger partial charge in [0.1, 0.15) is 0 Å². The Morgan fingerprint density at radius 3 is 2.43 bits per heavy atom. The van der Waals surface area contributed by atoms with E-state index in [0.29, 0.717) is 6.04 Å². The van der Waals surface area contributed by atoms with Crippen LogP contribution < -0.4 is 5.32 Å². The van der Waals surface area contributed by atoms with Crippen LogP contribution in [0.2, 0.25) is 0 Å². The summed E-state index contributed by atoms with van der Waals surface area (Å²) >= 11 is 2.18. The monoisotopic (exact) mass is 215 g/mol. The standard InChI is InChI=1S/C12H25NS/c1-10(2)11(3)13-8-9-14-12-6-4-5-7-12/h10-13H,4-9H2,1-3H3. The molecule has 1 atom stereocenters. The molecule has 1 fully saturated rings. The smallest absolute Gasteiger partial charge is 0.00620 e. The van der Waals surface area contributed by atoms with Gasteiger partial charge in [-0.05, 0) is 25.7 Å². The predicted molar refractivity (Wildman–Crippen MR) is 67.0 cm³/mol. The maximum absolute atomic E-state index is 3.59. The highest BCUT2D eigenvalue weighted by molar-refractivity contribution is 7.99. The van der Waals surface area contributed by atoms with Crippen molar-refractivity contribution in [1.82, 2.24) is 5.32 Å². The number of hydrogen-bond acceptors (Lipinski definition) is 2. The van der Waals surface area contributed by atoms with Crippen LogP contribution in [0.5, 0.6) is 0 Å². The lowest BCUT2D eigenvalue weighted by molar-refractivity contribution is 0.438. The molecule has 1 aliphatic rings. The zero-order valence-electron chi connectivity index (χ0n) is 9.88. The molecular weight excluding hydrogens is 190 g/mol. The molecule has 0 aliphatic heterocycles. The Morgan fingerprint density at radius 1 is 1.21 bits per heavy atom. The fraction of sp³-hybridized carbons (Fsp3) is 1.00. The van der Waals surface area contributed by atoms with Crippen LogP contribution in [0.4, 0.5) is 0 Å². The Labute approximate surface area is 93.4 Å². The van der Waals surface area contributed by atoms with E-state index in [9.17, 15) is 0 Å². The molecule has 0 aromatic heterocycles. The van der Waals surface area contributed by atoms with Crippen molar-refractivity contribution >= 4 is 11.8 Å². The van der Waals surface area contributed by atoms with Crippen molar-refractivity contribution in [3.05, 3.63) is 0 Å². The number of thioether (sulfide) groups is 1. The van der Waals surface area contributed by atoms with Crippen LogP contribution in [0, 0.1) is 5.92 Å². The highest BCUT2D eigenvalue weighted by Gasteiger charge is 2.14. The van der Waals surface area contributed by atoms with Crippen LogP contribution in [0.25, 0.3) is 0 Å². The molecule has 1 N–H and O–H groups in total. The first-order chi connectivity index (χ1) is 6.70. The van der Waals surface area contributed by atoms with Crippen molar-refractivity contribution in [2.75, 3.05) is 12.3 Å². The molecule has 1 saturated carbocycles. The summed E-state index contributed by atoms with van der Waals surface area (Å²) in [5.74, 6) is 2.05. The van der Waals surface area contributed by atoms with Gasteiger partial charge < -0.3 is 5.32 Å². The van der Waals surface area contributed by atoms with Gasteiger partial charge in [0.15, 0.2) is 0 Å². The van der Waals surface area contributed by atoms with E-state index in [0.717, 1.165) is 11.2 Å².